The molecule has 0 radical (unpaired) electrons. The van der Waals surface area contributed by atoms with Crippen molar-refractivity contribution in [1.29, 1.82) is 0 Å². The van der Waals surface area contributed by atoms with Gasteiger partial charge in [0.25, 0.3) is 5.78 Å². The highest BCUT2D eigenvalue weighted by Gasteiger charge is 2.48. The van der Waals surface area contributed by atoms with E-state index in [1.807, 2.05) is 20.8 Å². The minimum absolute atomic E-state index is 0.0465. The number of ether oxygens (including phenoxy) is 3. The Kier molecular flexibility index (Phi) is 8.62. The lowest BCUT2D eigenvalue weighted by molar-refractivity contribution is -0.132. The van der Waals surface area contributed by atoms with Crippen LogP contribution in [0.2, 0.25) is 0 Å². The molecule has 1 fully saturated rings. The Balaban J connectivity index is 1.85. The fourth-order valence-electron chi connectivity index (χ4n) is 4.11. The van der Waals surface area contributed by atoms with Gasteiger partial charge in [0.1, 0.15) is 16.5 Å². The standard InChI is InChI=1S/C28H31N3O6S/c1-5-14-36-20-11-8-18(9-12-20)25(32)23-24(31(27(34)26(23)33)28-30-29-17(4)38-28)19-10-13-21(37-15-6-2)22(16-19)35-7-3/h8-13,16,24,32H,5-7,14-15H2,1-4H3/b25-23+. The summed E-state index contributed by atoms with van der Waals surface area (Å²) in [6.07, 6.45) is 1.69. The van der Waals surface area contributed by atoms with E-state index in [0.717, 1.165) is 12.8 Å². The first-order valence-electron chi connectivity index (χ1n) is 12.6. The zero-order valence-corrected chi connectivity index (χ0v) is 22.7. The van der Waals surface area contributed by atoms with Crippen molar-refractivity contribution >= 4 is 33.9 Å². The Morgan fingerprint density at radius 3 is 2.29 bits per heavy atom. The lowest BCUT2D eigenvalue weighted by Crippen LogP contribution is -2.29. The van der Waals surface area contributed by atoms with Crippen molar-refractivity contribution in [2.24, 2.45) is 0 Å². The van der Waals surface area contributed by atoms with Crippen molar-refractivity contribution in [3.63, 3.8) is 0 Å². The summed E-state index contributed by atoms with van der Waals surface area (Å²) in [6, 6.07) is 11.1. The summed E-state index contributed by atoms with van der Waals surface area (Å²) in [5.74, 6) is -0.202. The van der Waals surface area contributed by atoms with Crippen LogP contribution in [0.15, 0.2) is 48.0 Å². The average molecular weight is 538 g/mol. The van der Waals surface area contributed by atoms with Crippen LogP contribution in [-0.4, -0.2) is 46.8 Å². The van der Waals surface area contributed by atoms with Gasteiger partial charge in [0.2, 0.25) is 5.13 Å². The number of hydrogen-bond donors (Lipinski definition) is 1. The molecule has 0 bridgehead atoms. The highest BCUT2D eigenvalue weighted by atomic mass is 32.1. The molecule has 2 aromatic carbocycles. The average Bonchev–Trinajstić information content (AvgIpc) is 3.46. The van der Waals surface area contributed by atoms with Gasteiger partial charge in [0.05, 0.1) is 31.4 Å². The number of hydrogen-bond acceptors (Lipinski definition) is 9. The Morgan fingerprint density at radius 1 is 0.947 bits per heavy atom. The Labute approximate surface area is 225 Å². The molecular formula is C28H31N3O6S. The smallest absolute Gasteiger partial charge is 0.301 e. The molecule has 1 saturated heterocycles. The first kappa shape index (κ1) is 27.1. The predicted molar refractivity (Wildman–Crippen MR) is 145 cm³/mol. The van der Waals surface area contributed by atoms with Crippen LogP contribution >= 0.6 is 11.3 Å². The number of ketones is 1. The van der Waals surface area contributed by atoms with Crippen LogP contribution in [0.4, 0.5) is 5.13 Å². The first-order valence-corrected chi connectivity index (χ1v) is 13.4. The van der Waals surface area contributed by atoms with Gasteiger partial charge in [-0.25, -0.2) is 0 Å². The fraction of sp³-hybridized carbons (Fsp3) is 0.357. The van der Waals surface area contributed by atoms with Gasteiger partial charge in [-0.2, -0.15) is 0 Å². The van der Waals surface area contributed by atoms with E-state index in [-0.39, 0.29) is 16.5 Å². The molecule has 9 nitrogen and oxygen atoms in total. The third-order valence-electron chi connectivity index (χ3n) is 5.81. The number of aryl methyl sites for hydroxylation is 1. The molecule has 1 amide bonds. The summed E-state index contributed by atoms with van der Waals surface area (Å²) in [4.78, 5) is 28.0. The van der Waals surface area contributed by atoms with Gasteiger partial charge >= 0.3 is 5.91 Å². The van der Waals surface area contributed by atoms with E-state index in [0.29, 0.717) is 53.2 Å². The molecule has 0 aliphatic carbocycles. The number of aliphatic hydroxyl groups excluding tert-OH is 1. The van der Waals surface area contributed by atoms with Gasteiger partial charge in [-0.1, -0.05) is 31.3 Å². The maximum Gasteiger partial charge on any atom is 0.301 e. The molecule has 1 N–H and O–H groups in total. The molecule has 4 rings (SSSR count). The van der Waals surface area contributed by atoms with E-state index in [4.69, 9.17) is 14.2 Å². The van der Waals surface area contributed by atoms with E-state index < -0.39 is 17.7 Å². The quantitative estimate of drug-likeness (QED) is 0.195. The molecule has 0 spiro atoms. The number of aliphatic hydroxyl groups is 1. The second kappa shape index (κ2) is 12.1. The molecule has 1 aromatic heterocycles. The summed E-state index contributed by atoms with van der Waals surface area (Å²) in [5.41, 5.74) is 0.904. The third-order valence-corrected chi connectivity index (χ3v) is 6.65. The van der Waals surface area contributed by atoms with Crippen LogP contribution in [0.1, 0.15) is 55.8 Å². The van der Waals surface area contributed by atoms with Crippen LogP contribution in [-0.2, 0) is 9.59 Å². The van der Waals surface area contributed by atoms with Gasteiger partial charge in [-0.3, -0.25) is 14.5 Å². The van der Waals surface area contributed by atoms with E-state index in [9.17, 15) is 14.7 Å². The van der Waals surface area contributed by atoms with Crippen molar-refractivity contribution in [3.05, 3.63) is 64.2 Å². The molecule has 1 atom stereocenters. The zero-order valence-electron chi connectivity index (χ0n) is 21.9. The number of carbonyl (C=O) groups excluding carboxylic acids is 2. The normalized spacial score (nSPS) is 16.6. The lowest BCUT2D eigenvalue weighted by Gasteiger charge is -2.23. The second-order valence-electron chi connectivity index (χ2n) is 8.63. The van der Waals surface area contributed by atoms with Gasteiger partial charge in [0.15, 0.2) is 11.5 Å². The lowest BCUT2D eigenvalue weighted by atomic mass is 9.95. The summed E-state index contributed by atoms with van der Waals surface area (Å²) < 4.78 is 17.3. The van der Waals surface area contributed by atoms with Crippen molar-refractivity contribution < 1.29 is 28.9 Å². The molecule has 3 aromatic rings. The number of anilines is 1. The summed E-state index contributed by atoms with van der Waals surface area (Å²) in [7, 11) is 0. The minimum Gasteiger partial charge on any atom is -0.507 e. The van der Waals surface area contributed by atoms with E-state index in [2.05, 4.69) is 10.2 Å². The number of amides is 1. The molecule has 38 heavy (non-hydrogen) atoms. The monoisotopic (exact) mass is 537 g/mol. The molecule has 1 aliphatic heterocycles. The highest BCUT2D eigenvalue weighted by Crippen LogP contribution is 2.44. The third kappa shape index (κ3) is 5.50. The van der Waals surface area contributed by atoms with E-state index in [1.165, 1.54) is 16.2 Å². The van der Waals surface area contributed by atoms with Crippen LogP contribution in [0, 0.1) is 6.92 Å². The summed E-state index contributed by atoms with van der Waals surface area (Å²) in [5, 5.41) is 20.4. The number of nitrogens with zero attached hydrogens (tertiary/aromatic N) is 3. The highest BCUT2D eigenvalue weighted by molar-refractivity contribution is 7.15. The molecule has 200 valence electrons. The number of rotatable bonds is 11. The van der Waals surface area contributed by atoms with Crippen molar-refractivity contribution in [1.82, 2.24) is 10.2 Å². The zero-order chi connectivity index (χ0) is 27.2. The maximum absolute atomic E-state index is 13.4. The van der Waals surface area contributed by atoms with Gasteiger partial charge in [0, 0.05) is 5.56 Å². The first-order chi connectivity index (χ1) is 18.4. The molecule has 10 heteroatoms. The summed E-state index contributed by atoms with van der Waals surface area (Å²) in [6.45, 7) is 9.13. The van der Waals surface area contributed by atoms with Crippen molar-refractivity contribution in [2.75, 3.05) is 24.7 Å². The van der Waals surface area contributed by atoms with Crippen LogP contribution in [0.25, 0.3) is 5.76 Å². The number of carbonyl (C=O) groups is 2. The topological polar surface area (TPSA) is 111 Å². The Hall–Kier alpha value is -3.92. The van der Waals surface area contributed by atoms with Crippen LogP contribution in [0.5, 0.6) is 17.2 Å². The Bertz CT molecular complexity index is 1330. The van der Waals surface area contributed by atoms with Crippen molar-refractivity contribution in [3.8, 4) is 17.2 Å². The predicted octanol–water partition coefficient (Wildman–Crippen LogP) is 5.45. The second-order valence-corrected chi connectivity index (χ2v) is 9.79. The van der Waals surface area contributed by atoms with Crippen LogP contribution in [0.3, 0.4) is 0 Å². The summed E-state index contributed by atoms with van der Waals surface area (Å²) >= 11 is 1.19. The van der Waals surface area contributed by atoms with Crippen molar-refractivity contribution in [2.45, 2.75) is 46.6 Å². The minimum atomic E-state index is -0.946. The van der Waals surface area contributed by atoms with E-state index >= 15 is 0 Å². The number of aromatic nitrogens is 2. The van der Waals surface area contributed by atoms with Crippen LogP contribution < -0.4 is 19.1 Å². The number of benzene rings is 2. The van der Waals surface area contributed by atoms with Gasteiger partial charge < -0.3 is 19.3 Å². The SMILES string of the molecule is CCCOc1ccc(/C(O)=C2\C(=O)C(=O)N(c3nnc(C)s3)C2c2ccc(OCCC)c(OCC)c2)cc1. The molecule has 0 saturated carbocycles. The largest absolute Gasteiger partial charge is 0.507 e. The van der Waals surface area contributed by atoms with Gasteiger partial charge in [-0.05, 0) is 68.7 Å². The molecule has 2 heterocycles. The molecular weight excluding hydrogens is 506 g/mol. The molecule has 1 aliphatic rings. The number of Topliss-reactive ketones (excluding diaryl/α,β-unsaturated/α-hetero) is 1. The maximum atomic E-state index is 13.4. The fourth-order valence-corrected chi connectivity index (χ4v) is 4.82. The molecule has 1 unspecified atom stereocenters. The Morgan fingerprint density at radius 2 is 1.66 bits per heavy atom. The van der Waals surface area contributed by atoms with Gasteiger partial charge in [-0.15, -0.1) is 10.2 Å². The van der Waals surface area contributed by atoms with E-state index in [1.54, 1.807) is 49.4 Å².